The molecule has 0 unspecified atom stereocenters. The van der Waals surface area contributed by atoms with Gasteiger partial charge >= 0.3 is 0 Å². The van der Waals surface area contributed by atoms with Gasteiger partial charge in [0.2, 0.25) is 11.8 Å². The van der Waals surface area contributed by atoms with Crippen molar-refractivity contribution in [1.82, 2.24) is 10.2 Å². The summed E-state index contributed by atoms with van der Waals surface area (Å²) in [4.78, 5) is 29.0. The summed E-state index contributed by atoms with van der Waals surface area (Å²) < 4.78 is 35.3. The molecule has 2 amide bonds. The number of halogens is 1. The van der Waals surface area contributed by atoms with Crippen LogP contribution in [0.15, 0.2) is 88.2 Å². The zero-order valence-electron chi connectivity index (χ0n) is 24.6. The van der Waals surface area contributed by atoms with E-state index in [-0.39, 0.29) is 23.4 Å². The highest BCUT2D eigenvalue weighted by Crippen LogP contribution is 2.27. The van der Waals surface area contributed by atoms with Crippen LogP contribution >= 0.6 is 15.9 Å². The van der Waals surface area contributed by atoms with Gasteiger partial charge in [-0.25, -0.2) is 8.42 Å². The molecule has 0 fully saturated rings. The molecule has 0 bridgehead atoms. The maximum atomic E-state index is 14.1. The summed E-state index contributed by atoms with van der Waals surface area (Å²) in [6.07, 6.45) is 1.64. The van der Waals surface area contributed by atoms with E-state index < -0.39 is 28.5 Å². The van der Waals surface area contributed by atoms with Crippen molar-refractivity contribution in [3.05, 3.63) is 88.9 Å². The quantitative estimate of drug-likeness (QED) is 0.223. The molecule has 0 aliphatic heterocycles. The largest absolute Gasteiger partial charge is 0.494 e. The molecule has 0 aliphatic rings. The van der Waals surface area contributed by atoms with Gasteiger partial charge in [-0.1, -0.05) is 60.1 Å². The topological polar surface area (TPSA) is 96.0 Å². The van der Waals surface area contributed by atoms with Crippen LogP contribution in [0.25, 0.3) is 0 Å². The molecule has 0 saturated carbocycles. The predicted molar refractivity (Wildman–Crippen MR) is 170 cm³/mol. The van der Waals surface area contributed by atoms with Gasteiger partial charge in [0.15, 0.2) is 0 Å². The number of amides is 2. The average molecular weight is 659 g/mol. The minimum absolute atomic E-state index is 0.0461. The van der Waals surface area contributed by atoms with Crippen molar-refractivity contribution < 1.29 is 22.7 Å². The molecule has 0 spiro atoms. The summed E-state index contributed by atoms with van der Waals surface area (Å²) in [5, 5.41) is 3.00. The summed E-state index contributed by atoms with van der Waals surface area (Å²) in [5.74, 6) is -0.130. The fourth-order valence-electron chi connectivity index (χ4n) is 4.47. The minimum Gasteiger partial charge on any atom is -0.494 e. The molecular weight excluding hydrogens is 618 g/mol. The highest BCUT2D eigenvalue weighted by Gasteiger charge is 2.33. The van der Waals surface area contributed by atoms with Gasteiger partial charge in [0.25, 0.3) is 10.0 Å². The Morgan fingerprint density at radius 1 is 0.905 bits per heavy atom. The van der Waals surface area contributed by atoms with Crippen LogP contribution in [-0.2, 0) is 26.0 Å². The third-order valence-electron chi connectivity index (χ3n) is 6.99. The van der Waals surface area contributed by atoms with Crippen molar-refractivity contribution in [3.63, 3.8) is 0 Å². The lowest BCUT2D eigenvalue weighted by Crippen LogP contribution is -2.54. The van der Waals surface area contributed by atoms with E-state index in [1.54, 1.807) is 36.4 Å². The lowest BCUT2D eigenvalue weighted by atomic mass is 10.1. The number of rotatable bonds is 15. The fourth-order valence-corrected chi connectivity index (χ4v) is 6.15. The van der Waals surface area contributed by atoms with E-state index >= 15 is 0 Å². The first-order valence-electron chi connectivity index (χ1n) is 14.3. The molecule has 0 aromatic heterocycles. The van der Waals surface area contributed by atoms with Gasteiger partial charge in [0.05, 0.1) is 17.2 Å². The van der Waals surface area contributed by atoms with E-state index in [1.807, 2.05) is 58.0 Å². The van der Waals surface area contributed by atoms with Gasteiger partial charge in [-0.3, -0.25) is 13.9 Å². The van der Waals surface area contributed by atoms with E-state index in [0.29, 0.717) is 30.9 Å². The second kappa shape index (κ2) is 15.7. The molecule has 3 aromatic rings. The lowest BCUT2D eigenvalue weighted by Gasteiger charge is -2.33. The number of nitrogens with one attached hydrogen (secondary N) is 1. The Labute approximate surface area is 258 Å². The van der Waals surface area contributed by atoms with Crippen LogP contribution in [0.4, 0.5) is 5.69 Å². The third-order valence-corrected chi connectivity index (χ3v) is 9.30. The molecule has 42 heavy (non-hydrogen) atoms. The number of carbonyl (C=O) groups excluding carboxylic acids is 2. The van der Waals surface area contributed by atoms with Gasteiger partial charge in [-0.15, -0.1) is 0 Å². The van der Waals surface area contributed by atoms with Crippen molar-refractivity contribution in [1.29, 1.82) is 0 Å². The Hall–Kier alpha value is -3.37. The monoisotopic (exact) mass is 657 g/mol. The first-order chi connectivity index (χ1) is 20.1. The van der Waals surface area contributed by atoms with Crippen LogP contribution in [0.2, 0.25) is 0 Å². The van der Waals surface area contributed by atoms with Crippen molar-refractivity contribution in [2.24, 2.45) is 0 Å². The Bertz CT molecular complexity index is 1400. The maximum Gasteiger partial charge on any atom is 0.264 e. The predicted octanol–water partition coefficient (Wildman–Crippen LogP) is 5.81. The highest BCUT2D eigenvalue weighted by molar-refractivity contribution is 9.10. The standard InChI is InChI=1S/C32H40BrN3O5S/c1-5-24(4)34-32(38)30(6-2)35(22-21-25-11-9-8-10-12-25)31(37)23-36(27-15-17-28(18-16-27)41-7-3)42(39,40)29-19-13-26(33)14-20-29/h8-20,24,30H,5-7,21-23H2,1-4H3,(H,34,38)/t24-,30+/m0/s1. The lowest BCUT2D eigenvalue weighted by molar-refractivity contribution is -0.139. The summed E-state index contributed by atoms with van der Waals surface area (Å²) in [5.41, 5.74) is 1.33. The average Bonchev–Trinajstić information content (AvgIpc) is 2.99. The van der Waals surface area contributed by atoms with Gasteiger partial charge in [-0.05, 0) is 87.2 Å². The summed E-state index contributed by atoms with van der Waals surface area (Å²) in [6, 6.07) is 21.7. The molecule has 0 saturated heterocycles. The second-order valence-electron chi connectivity index (χ2n) is 9.96. The van der Waals surface area contributed by atoms with Crippen LogP contribution in [0, 0.1) is 0 Å². The molecular formula is C32H40BrN3O5S. The normalized spacial score (nSPS) is 12.7. The number of ether oxygens (including phenoxy) is 1. The van der Waals surface area contributed by atoms with Crippen LogP contribution in [0.3, 0.4) is 0 Å². The van der Waals surface area contributed by atoms with E-state index in [0.717, 1.165) is 20.8 Å². The molecule has 2 atom stereocenters. The minimum atomic E-state index is -4.14. The van der Waals surface area contributed by atoms with Crippen LogP contribution in [0.1, 0.15) is 46.1 Å². The first-order valence-corrected chi connectivity index (χ1v) is 16.5. The Kier molecular flexibility index (Phi) is 12.4. The number of carbonyl (C=O) groups is 2. The highest BCUT2D eigenvalue weighted by atomic mass is 79.9. The van der Waals surface area contributed by atoms with Crippen molar-refractivity contribution >= 4 is 43.5 Å². The van der Waals surface area contributed by atoms with Crippen molar-refractivity contribution in [2.45, 2.75) is 63.9 Å². The van der Waals surface area contributed by atoms with Crippen molar-refractivity contribution in [2.75, 3.05) is 24.0 Å². The summed E-state index contributed by atoms with van der Waals surface area (Å²) in [7, 11) is -4.14. The Balaban J connectivity index is 2.01. The summed E-state index contributed by atoms with van der Waals surface area (Å²) in [6.45, 7) is 7.85. The van der Waals surface area contributed by atoms with Gasteiger partial charge in [0, 0.05) is 17.1 Å². The van der Waals surface area contributed by atoms with Gasteiger partial charge < -0.3 is 15.0 Å². The number of benzene rings is 3. The molecule has 226 valence electrons. The molecule has 3 aromatic carbocycles. The van der Waals surface area contributed by atoms with Crippen LogP contribution in [0.5, 0.6) is 5.75 Å². The molecule has 3 rings (SSSR count). The summed E-state index contributed by atoms with van der Waals surface area (Å²) >= 11 is 3.35. The molecule has 8 nitrogen and oxygen atoms in total. The van der Waals surface area contributed by atoms with E-state index in [1.165, 1.54) is 17.0 Å². The molecule has 10 heteroatoms. The Morgan fingerprint density at radius 3 is 2.12 bits per heavy atom. The molecule has 1 N–H and O–H groups in total. The number of hydrogen-bond acceptors (Lipinski definition) is 5. The number of nitrogens with zero attached hydrogens (tertiary/aromatic N) is 2. The third kappa shape index (κ3) is 8.82. The zero-order valence-corrected chi connectivity index (χ0v) is 27.0. The molecule has 0 heterocycles. The zero-order chi connectivity index (χ0) is 30.7. The SMILES string of the molecule is CCOc1ccc(N(CC(=O)N(CCc2ccccc2)[C@H](CC)C(=O)N[C@@H](C)CC)S(=O)(=O)c2ccc(Br)cc2)cc1. The van der Waals surface area contributed by atoms with Crippen LogP contribution < -0.4 is 14.4 Å². The number of anilines is 1. The van der Waals surface area contributed by atoms with Gasteiger partial charge in [0.1, 0.15) is 18.3 Å². The molecule has 0 radical (unpaired) electrons. The van der Waals surface area contributed by atoms with E-state index in [4.69, 9.17) is 4.74 Å². The van der Waals surface area contributed by atoms with Crippen LogP contribution in [-0.4, -0.2) is 56.9 Å². The maximum absolute atomic E-state index is 14.1. The second-order valence-corrected chi connectivity index (χ2v) is 12.7. The Morgan fingerprint density at radius 2 is 1.55 bits per heavy atom. The van der Waals surface area contributed by atoms with E-state index in [2.05, 4.69) is 21.2 Å². The number of sulfonamides is 1. The smallest absolute Gasteiger partial charge is 0.264 e. The van der Waals surface area contributed by atoms with Gasteiger partial charge in [-0.2, -0.15) is 0 Å². The molecule has 0 aliphatic carbocycles. The van der Waals surface area contributed by atoms with E-state index in [9.17, 15) is 18.0 Å². The van der Waals surface area contributed by atoms with Crippen molar-refractivity contribution in [3.8, 4) is 5.75 Å². The first kappa shape index (κ1) is 33.1. The fraction of sp³-hybridized carbons (Fsp3) is 0.375. The number of hydrogen-bond donors (Lipinski definition) is 1.